The number of nitrogens with zero attached hydrogens (tertiary/aromatic N) is 5. The molecular weight excluding hydrogens is 578 g/mol. The van der Waals surface area contributed by atoms with Crippen molar-refractivity contribution in [3.8, 4) is 5.75 Å². The molecule has 42 heavy (non-hydrogen) atoms. The molecule has 0 saturated carbocycles. The molecule has 12 nitrogen and oxygen atoms in total. The molecule has 0 aliphatic carbocycles. The zero-order valence-corrected chi connectivity index (χ0v) is 25.7. The second-order valence-electron chi connectivity index (χ2n) is 10.5. The van der Waals surface area contributed by atoms with Gasteiger partial charge in [-0.05, 0) is 37.0 Å². The third kappa shape index (κ3) is 7.33. The molecule has 0 atom stereocenters. The third-order valence-corrected chi connectivity index (χ3v) is 8.48. The molecule has 0 amide bonds. The Kier molecular flexibility index (Phi) is 9.51. The summed E-state index contributed by atoms with van der Waals surface area (Å²) in [4.78, 5) is 18.0. The summed E-state index contributed by atoms with van der Waals surface area (Å²) >= 11 is 6.40. The minimum atomic E-state index is -3.52. The van der Waals surface area contributed by atoms with Crippen LogP contribution in [0.2, 0.25) is 5.02 Å². The van der Waals surface area contributed by atoms with Gasteiger partial charge in [-0.2, -0.15) is 4.98 Å². The smallest absolute Gasteiger partial charge is 0.229 e. The molecule has 0 radical (unpaired) electrons. The van der Waals surface area contributed by atoms with Crippen molar-refractivity contribution >= 4 is 56.1 Å². The van der Waals surface area contributed by atoms with Gasteiger partial charge in [-0.3, -0.25) is 14.6 Å². The van der Waals surface area contributed by atoms with Crippen LogP contribution >= 0.6 is 11.6 Å². The second kappa shape index (κ2) is 13.3. The lowest BCUT2D eigenvalue weighted by Gasteiger charge is -2.41. The first kappa shape index (κ1) is 30.1. The van der Waals surface area contributed by atoms with Crippen LogP contribution in [-0.4, -0.2) is 86.9 Å². The molecular formula is C28H38ClN9O3S. The summed E-state index contributed by atoms with van der Waals surface area (Å²) in [6.45, 7) is 8.59. The van der Waals surface area contributed by atoms with Crippen molar-refractivity contribution in [3.05, 3.63) is 47.4 Å². The predicted octanol–water partition coefficient (Wildman–Crippen LogP) is 3.83. The average Bonchev–Trinajstić information content (AvgIpc) is 2.99. The molecule has 226 valence electrons. The Morgan fingerprint density at radius 3 is 2.52 bits per heavy atom. The number of pyridine rings is 1. The molecule has 0 bridgehead atoms. The second-order valence-corrected chi connectivity index (χ2v) is 12.6. The Morgan fingerprint density at radius 2 is 1.83 bits per heavy atom. The molecule has 0 unspecified atom stereocenters. The van der Waals surface area contributed by atoms with Gasteiger partial charge in [0.2, 0.25) is 16.0 Å². The van der Waals surface area contributed by atoms with Gasteiger partial charge < -0.3 is 25.6 Å². The monoisotopic (exact) mass is 615 g/mol. The van der Waals surface area contributed by atoms with E-state index in [2.05, 4.69) is 64.5 Å². The highest BCUT2D eigenvalue weighted by molar-refractivity contribution is 7.92. The van der Waals surface area contributed by atoms with Crippen molar-refractivity contribution in [1.82, 2.24) is 25.2 Å². The lowest BCUT2D eigenvalue weighted by molar-refractivity contribution is 0.150. The third-order valence-electron chi connectivity index (χ3n) is 7.61. The minimum absolute atomic E-state index is 0.267. The average molecular weight is 616 g/mol. The first-order valence-corrected chi connectivity index (χ1v) is 16.4. The number of anilines is 6. The summed E-state index contributed by atoms with van der Waals surface area (Å²) in [6.07, 6.45) is 8.66. The van der Waals surface area contributed by atoms with Gasteiger partial charge in [-0.15, -0.1) is 0 Å². The minimum Gasteiger partial charge on any atom is -0.494 e. The zero-order chi connectivity index (χ0) is 29.7. The number of rotatable bonds is 10. The molecule has 4 heterocycles. The molecule has 5 rings (SSSR count). The van der Waals surface area contributed by atoms with E-state index in [0.717, 1.165) is 70.5 Å². The molecule has 0 spiro atoms. The van der Waals surface area contributed by atoms with Crippen LogP contribution in [0, 0.1) is 0 Å². The van der Waals surface area contributed by atoms with Crippen LogP contribution in [0.4, 0.5) is 34.5 Å². The number of sulfonamides is 1. The number of piperazine rings is 1. The van der Waals surface area contributed by atoms with Crippen LogP contribution in [-0.2, 0) is 16.4 Å². The maximum absolute atomic E-state index is 11.8. The molecule has 2 aliphatic heterocycles. The van der Waals surface area contributed by atoms with Crippen molar-refractivity contribution < 1.29 is 13.2 Å². The molecule has 2 saturated heterocycles. The zero-order valence-electron chi connectivity index (χ0n) is 24.2. The highest BCUT2D eigenvalue weighted by Crippen LogP contribution is 2.37. The Balaban J connectivity index is 1.34. The van der Waals surface area contributed by atoms with Crippen molar-refractivity contribution in [2.24, 2.45) is 0 Å². The van der Waals surface area contributed by atoms with Crippen molar-refractivity contribution in [2.75, 3.05) is 72.9 Å². The molecule has 1 aromatic carbocycles. The lowest BCUT2D eigenvalue weighted by atomic mass is 9.99. The quantitative estimate of drug-likeness (QED) is 0.265. The number of nitrogens with one attached hydrogen (secondary N) is 4. The van der Waals surface area contributed by atoms with Gasteiger partial charge in [0, 0.05) is 63.3 Å². The maximum atomic E-state index is 11.8. The lowest BCUT2D eigenvalue weighted by Crippen LogP contribution is -2.52. The van der Waals surface area contributed by atoms with Crippen LogP contribution in [0.5, 0.6) is 5.75 Å². The summed E-state index contributed by atoms with van der Waals surface area (Å²) in [5.41, 5.74) is 3.86. The van der Waals surface area contributed by atoms with Gasteiger partial charge in [-0.25, -0.2) is 13.4 Å². The van der Waals surface area contributed by atoms with Gasteiger partial charge in [-0.1, -0.05) is 18.5 Å². The molecule has 14 heteroatoms. The fourth-order valence-electron chi connectivity index (χ4n) is 5.52. The summed E-state index contributed by atoms with van der Waals surface area (Å²) in [7, 11) is -1.86. The number of hydrogen-bond donors (Lipinski definition) is 4. The highest BCUT2D eigenvalue weighted by Gasteiger charge is 2.27. The molecule has 2 aromatic heterocycles. The first-order valence-electron chi connectivity index (χ1n) is 14.1. The number of benzene rings is 1. The summed E-state index contributed by atoms with van der Waals surface area (Å²) in [5, 5.41) is 10.1. The van der Waals surface area contributed by atoms with E-state index in [-0.39, 0.29) is 10.7 Å². The topological polar surface area (TPSA) is 137 Å². The van der Waals surface area contributed by atoms with Crippen LogP contribution < -0.4 is 30.3 Å². The van der Waals surface area contributed by atoms with E-state index in [1.54, 1.807) is 13.2 Å². The van der Waals surface area contributed by atoms with E-state index in [0.29, 0.717) is 29.2 Å². The normalized spacial score (nSPS) is 16.7. The number of aryl methyl sites for hydroxylation is 1. The van der Waals surface area contributed by atoms with Crippen LogP contribution in [0.3, 0.4) is 0 Å². The van der Waals surface area contributed by atoms with E-state index in [1.807, 2.05) is 0 Å². The van der Waals surface area contributed by atoms with E-state index in [9.17, 15) is 8.42 Å². The number of hydrogen-bond acceptors (Lipinski definition) is 11. The Morgan fingerprint density at radius 1 is 1.07 bits per heavy atom. The fourth-order valence-corrected chi connectivity index (χ4v) is 6.23. The van der Waals surface area contributed by atoms with Gasteiger partial charge in [0.1, 0.15) is 10.8 Å². The van der Waals surface area contributed by atoms with E-state index < -0.39 is 10.0 Å². The molecule has 3 aromatic rings. The standard InChI is InChI=1S/C28H38ClN9O3S/c1-4-19-15-23(26(41-2)16-25(19)38-11-6-20(7-12-38)37-13-9-30-10-14-37)34-28-32-17-21(29)27(35-28)33-22-5-8-31-18-24(22)36-42(3,39)40/h5,8,15-18,20,30,36H,4,6-7,9-14H2,1-3H3,(H2,31,32,33,34,35). The predicted molar refractivity (Wildman–Crippen MR) is 168 cm³/mol. The number of ether oxygens (including phenoxy) is 1. The summed E-state index contributed by atoms with van der Waals surface area (Å²) in [5.74, 6) is 1.29. The Hall–Kier alpha value is -3.39. The maximum Gasteiger partial charge on any atom is 0.229 e. The van der Waals surface area contributed by atoms with Gasteiger partial charge in [0.15, 0.2) is 5.82 Å². The highest BCUT2D eigenvalue weighted by atomic mass is 35.5. The van der Waals surface area contributed by atoms with E-state index >= 15 is 0 Å². The SMILES string of the molecule is CCc1cc(Nc2ncc(Cl)c(Nc3ccncc3NS(C)(=O)=O)n2)c(OC)cc1N1CCC(N2CCNCC2)CC1. The fraction of sp³-hybridized carbons (Fsp3) is 0.464. The van der Waals surface area contributed by atoms with Crippen LogP contribution in [0.1, 0.15) is 25.3 Å². The summed E-state index contributed by atoms with van der Waals surface area (Å²) in [6, 6.07) is 6.47. The Labute approximate surface area is 252 Å². The van der Waals surface area contributed by atoms with E-state index in [4.69, 9.17) is 16.3 Å². The van der Waals surface area contributed by atoms with Gasteiger partial charge in [0.05, 0.1) is 42.8 Å². The van der Waals surface area contributed by atoms with Gasteiger partial charge in [0.25, 0.3) is 0 Å². The molecule has 2 aliphatic rings. The summed E-state index contributed by atoms with van der Waals surface area (Å²) < 4.78 is 31.8. The molecule has 2 fully saturated rings. The van der Waals surface area contributed by atoms with Crippen molar-refractivity contribution in [2.45, 2.75) is 32.2 Å². The number of piperidine rings is 1. The van der Waals surface area contributed by atoms with Crippen LogP contribution in [0.15, 0.2) is 36.8 Å². The Bertz CT molecular complexity index is 1490. The number of aromatic nitrogens is 3. The van der Waals surface area contributed by atoms with Crippen molar-refractivity contribution in [3.63, 3.8) is 0 Å². The van der Waals surface area contributed by atoms with E-state index in [1.165, 1.54) is 29.8 Å². The number of methoxy groups -OCH3 is 1. The van der Waals surface area contributed by atoms with Crippen LogP contribution in [0.25, 0.3) is 0 Å². The molecule has 4 N–H and O–H groups in total. The number of halogens is 1. The first-order chi connectivity index (χ1) is 20.2. The van der Waals surface area contributed by atoms with Crippen molar-refractivity contribution in [1.29, 1.82) is 0 Å². The van der Waals surface area contributed by atoms with Gasteiger partial charge >= 0.3 is 0 Å². The largest absolute Gasteiger partial charge is 0.494 e.